The van der Waals surface area contributed by atoms with Gasteiger partial charge in [-0.05, 0) is 66.4 Å². The minimum atomic E-state index is -0.335. The first-order valence-electron chi connectivity index (χ1n) is 7.55. The number of nitrogens with one attached hydrogen (secondary N) is 1. The number of carbonyl (C=O) groups excluding carboxylic acids is 1. The lowest BCUT2D eigenvalue weighted by atomic mass is 9.74. The molecule has 2 saturated heterocycles. The van der Waals surface area contributed by atoms with Crippen LogP contribution in [0.2, 0.25) is 0 Å². The molecule has 21 heavy (non-hydrogen) atoms. The molecule has 0 aromatic heterocycles. The van der Waals surface area contributed by atoms with E-state index in [-0.39, 0.29) is 17.1 Å². The van der Waals surface area contributed by atoms with Gasteiger partial charge >= 0.3 is 0 Å². The van der Waals surface area contributed by atoms with E-state index in [9.17, 15) is 9.18 Å². The van der Waals surface area contributed by atoms with E-state index in [0.717, 1.165) is 32.6 Å². The Hall–Kier alpha value is -0.940. The maximum atomic E-state index is 13.3. The zero-order valence-electron chi connectivity index (χ0n) is 12.0. The summed E-state index contributed by atoms with van der Waals surface area (Å²) in [6, 6.07) is 4.50. The van der Waals surface area contributed by atoms with Crippen molar-refractivity contribution in [2.24, 2.45) is 5.41 Å². The predicted octanol–water partition coefficient (Wildman–Crippen LogP) is 3.19. The fourth-order valence-corrected chi connectivity index (χ4v) is 3.95. The summed E-state index contributed by atoms with van der Waals surface area (Å²) in [5.74, 6) is -0.321. The Morgan fingerprint density at radius 3 is 2.86 bits per heavy atom. The average Bonchev–Trinajstić information content (AvgIpc) is 2.50. The number of benzene rings is 1. The Labute approximate surface area is 133 Å². The van der Waals surface area contributed by atoms with Crippen molar-refractivity contribution in [3.63, 3.8) is 0 Å². The first kappa shape index (κ1) is 15.0. The van der Waals surface area contributed by atoms with Crippen LogP contribution >= 0.6 is 15.9 Å². The maximum absolute atomic E-state index is 13.3. The lowest BCUT2D eigenvalue weighted by Gasteiger charge is -2.45. The molecule has 1 N–H and O–H groups in total. The minimum Gasteiger partial charge on any atom is -0.338 e. The van der Waals surface area contributed by atoms with E-state index >= 15 is 0 Å². The number of hydrogen-bond donors (Lipinski definition) is 1. The highest BCUT2D eigenvalue weighted by molar-refractivity contribution is 9.10. The predicted molar refractivity (Wildman–Crippen MR) is 83.8 cm³/mol. The van der Waals surface area contributed by atoms with Gasteiger partial charge in [0.05, 0.1) is 4.47 Å². The second-order valence-electron chi connectivity index (χ2n) is 6.24. The molecule has 1 aromatic carbocycles. The first-order chi connectivity index (χ1) is 10.1. The summed E-state index contributed by atoms with van der Waals surface area (Å²) in [5.41, 5.74) is 0.799. The van der Waals surface area contributed by atoms with Gasteiger partial charge in [-0.3, -0.25) is 4.79 Å². The Morgan fingerprint density at radius 1 is 1.33 bits per heavy atom. The van der Waals surface area contributed by atoms with Crippen LogP contribution < -0.4 is 5.32 Å². The molecule has 0 aliphatic carbocycles. The highest BCUT2D eigenvalue weighted by Crippen LogP contribution is 2.36. The largest absolute Gasteiger partial charge is 0.338 e. The van der Waals surface area contributed by atoms with Gasteiger partial charge in [0.15, 0.2) is 0 Å². The molecule has 1 atom stereocenters. The van der Waals surface area contributed by atoms with E-state index in [1.807, 2.05) is 4.90 Å². The van der Waals surface area contributed by atoms with Gasteiger partial charge in [-0.25, -0.2) is 4.39 Å². The molecule has 0 bridgehead atoms. The first-order valence-corrected chi connectivity index (χ1v) is 8.34. The maximum Gasteiger partial charge on any atom is 0.253 e. The molecule has 2 fully saturated rings. The molecule has 1 aromatic rings. The standard InChI is InChI=1S/C16H20BrFN2O/c17-13-9-12(3-4-14(13)18)15(21)20-8-2-6-16(11-20)5-1-7-19-10-16/h3-4,9,19H,1-2,5-8,10-11H2. The monoisotopic (exact) mass is 354 g/mol. The van der Waals surface area contributed by atoms with Gasteiger partial charge in [-0.2, -0.15) is 0 Å². The zero-order valence-corrected chi connectivity index (χ0v) is 13.6. The summed E-state index contributed by atoms with van der Waals surface area (Å²) in [7, 11) is 0. The molecule has 3 rings (SSSR count). The Bertz CT molecular complexity index is 538. The molecule has 1 unspecified atom stereocenters. The second kappa shape index (κ2) is 6.05. The van der Waals surface area contributed by atoms with Gasteiger partial charge in [-0.15, -0.1) is 0 Å². The topological polar surface area (TPSA) is 32.3 Å². The third-order valence-corrected chi connectivity index (χ3v) is 5.28. The van der Waals surface area contributed by atoms with Gasteiger partial charge in [-0.1, -0.05) is 0 Å². The van der Waals surface area contributed by atoms with Gasteiger partial charge in [0.1, 0.15) is 5.82 Å². The Kier molecular flexibility index (Phi) is 4.31. The van der Waals surface area contributed by atoms with E-state index in [1.54, 1.807) is 12.1 Å². The number of rotatable bonds is 1. The van der Waals surface area contributed by atoms with Gasteiger partial charge in [0, 0.05) is 30.6 Å². The van der Waals surface area contributed by atoms with Crippen LogP contribution in [0, 0.1) is 11.2 Å². The molecule has 2 aliphatic rings. The van der Waals surface area contributed by atoms with Crippen LogP contribution in [0.1, 0.15) is 36.0 Å². The molecule has 5 heteroatoms. The number of halogens is 2. The van der Waals surface area contributed by atoms with E-state index in [4.69, 9.17) is 0 Å². The van der Waals surface area contributed by atoms with Crippen LogP contribution in [0.15, 0.2) is 22.7 Å². The molecule has 0 radical (unpaired) electrons. The van der Waals surface area contributed by atoms with Crippen molar-refractivity contribution in [1.82, 2.24) is 10.2 Å². The van der Waals surface area contributed by atoms with Gasteiger partial charge in [0.2, 0.25) is 0 Å². The van der Waals surface area contributed by atoms with E-state index < -0.39 is 0 Å². The number of hydrogen-bond acceptors (Lipinski definition) is 2. The average molecular weight is 355 g/mol. The smallest absolute Gasteiger partial charge is 0.253 e. The third kappa shape index (κ3) is 3.14. The van der Waals surface area contributed by atoms with Crippen LogP contribution in [-0.4, -0.2) is 37.0 Å². The third-order valence-electron chi connectivity index (χ3n) is 4.68. The normalized spacial score (nSPS) is 26.1. The molecular weight excluding hydrogens is 335 g/mol. The summed E-state index contributed by atoms with van der Waals surface area (Å²) in [6.07, 6.45) is 4.62. The van der Waals surface area contributed by atoms with Crippen molar-refractivity contribution in [2.75, 3.05) is 26.2 Å². The van der Waals surface area contributed by atoms with Crippen molar-refractivity contribution >= 4 is 21.8 Å². The fraction of sp³-hybridized carbons (Fsp3) is 0.562. The summed E-state index contributed by atoms with van der Waals surface area (Å²) in [5, 5.41) is 3.47. The number of likely N-dealkylation sites (tertiary alicyclic amines) is 1. The molecule has 3 nitrogen and oxygen atoms in total. The quantitative estimate of drug-likeness (QED) is 0.839. The lowest BCUT2D eigenvalue weighted by Crippen LogP contribution is -2.52. The second-order valence-corrected chi connectivity index (χ2v) is 7.09. The highest BCUT2D eigenvalue weighted by atomic mass is 79.9. The van der Waals surface area contributed by atoms with Crippen LogP contribution in [0.5, 0.6) is 0 Å². The summed E-state index contributed by atoms with van der Waals surface area (Å²) in [6.45, 7) is 3.70. The number of piperidine rings is 2. The SMILES string of the molecule is O=C(c1ccc(F)c(Br)c1)N1CCCC2(CCCNC2)C1. The molecular formula is C16H20BrFN2O. The molecule has 2 heterocycles. The van der Waals surface area contributed by atoms with Crippen LogP contribution in [-0.2, 0) is 0 Å². The molecule has 0 saturated carbocycles. The molecule has 114 valence electrons. The van der Waals surface area contributed by atoms with Crippen molar-refractivity contribution in [3.05, 3.63) is 34.1 Å². The summed E-state index contributed by atoms with van der Waals surface area (Å²) >= 11 is 3.15. The summed E-state index contributed by atoms with van der Waals surface area (Å²) < 4.78 is 13.7. The molecule has 1 spiro atoms. The van der Waals surface area contributed by atoms with Crippen LogP contribution in [0.25, 0.3) is 0 Å². The molecule has 1 amide bonds. The van der Waals surface area contributed by atoms with E-state index in [2.05, 4.69) is 21.2 Å². The summed E-state index contributed by atoms with van der Waals surface area (Å²) in [4.78, 5) is 14.6. The number of amides is 1. The van der Waals surface area contributed by atoms with Crippen LogP contribution in [0.3, 0.4) is 0 Å². The highest BCUT2D eigenvalue weighted by Gasteiger charge is 2.38. The number of carbonyl (C=O) groups is 1. The number of nitrogens with zero attached hydrogens (tertiary/aromatic N) is 1. The van der Waals surface area contributed by atoms with Crippen molar-refractivity contribution in [1.29, 1.82) is 0 Å². The fourth-order valence-electron chi connectivity index (χ4n) is 3.57. The lowest BCUT2D eigenvalue weighted by molar-refractivity contribution is 0.0434. The Morgan fingerprint density at radius 2 is 2.14 bits per heavy atom. The Balaban J connectivity index is 1.76. The van der Waals surface area contributed by atoms with Crippen molar-refractivity contribution in [2.45, 2.75) is 25.7 Å². The molecule has 2 aliphatic heterocycles. The van der Waals surface area contributed by atoms with E-state index in [0.29, 0.717) is 10.0 Å². The minimum absolute atomic E-state index is 0.0142. The van der Waals surface area contributed by atoms with E-state index in [1.165, 1.54) is 25.3 Å². The van der Waals surface area contributed by atoms with Gasteiger partial charge in [0.25, 0.3) is 5.91 Å². The van der Waals surface area contributed by atoms with Crippen molar-refractivity contribution < 1.29 is 9.18 Å². The zero-order chi connectivity index (χ0) is 14.9. The van der Waals surface area contributed by atoms with Crippen molar-refractivity contribution in [3.8, 4) is 0 Å². The van der Waals surface area contributed by atoms with Gasteiger partial charge < -0.3 is 10.2 Å². The van der Waals surface area contributed by atoms with Crippen LogP contribution in [0.4, 0.5) is 4.39 Å².